The van der Waals surface area contributed by atoms with Crippen LogP contribution in [0.5, 0.6) is 11.5 Å². The third-order valence-corrected chi connectivity index (χ3v) is 6.30. The summed E-state index contributed by atoms with van der Waals surface area (Å²) in [5.41, 5.74) is 1.28. The van der Waals surface area contributed by atoms with Crippen LogP contribution in [0.3, 0.4) is 0 Å². The fourth-order valence-corrected chi connectivity index (χ4v) is 4.53. The fraction of sp³-hybridized carbons (Fsp3) is 0.304. The molecule has 0 spiro atoms. The highest BCUT2D eigenvalue weighted by Gasteiger charge is 2.18. The Morgan fingerprint density at radius 1 is 1.12 bits per heavy atom. The van der Waals surface area contributed by atoms with E-state index < -0.39 is 0 Å². The van der Waals surface area contributed by atoms with Gasteiger partial charge in [0.1, 0.15) is 13.2 Å². The molecule has 170 valence electrons. The van der Waals surface area contributed by atoms with Crippen LogP contribution in [0, 0.1) is 0 Å². The summed E-state index contributed by atoms with van der Waals surface area (Å²) in [5, 5.41) is 12.6. The van der Waals surface area contributed by atoms with Crippen LogP contribution in [0.25, 0.3) is 16.7 Å². The lowest BCUT2D eigenvalue weighted by atomic mass is 10.2. The van der Waals surface area contributed by atoms with Crippen LogP contribution in [0.1, 0.15) is 19.8 Å². The number of benzene rings is 2. The molecule has 0 saturated heterocycles. The average Bonchev–Trinajstić information content (AvgIpc) is 3.27. The molecule has 2 aromatic carbocycles. The number of para-hydroxylation sites is 1. The van der Waals surface area contributed by atoms with E-state index in [-0.39, 0.29) is 17.2 Å². The number of ether oxygens (including phenoxy) is 2. The Bertz CT molecular complexity index is 1400. The van der Waals surface area contributed by atoms with Gasteiger partial charge in [-0.2, -0.15) is 0 Å². The largest absolute Gasteiger partial charge is 0.486 e. The highest BCUT2D eigenvalue weighted by Crippen LogP contribution is 2.32. The molecule has 0 radical (unpaired) electrons. The number of nitrogens with zero attached hydrogens (tertiary/aromatic N) is 4. The number of amides is 1. The van der Waals surface area contributed by atoms with Crippen molar-refractivity contribution in [3.63, 3.8) is 0 Å². The highest BCUT2D eigenvalue weighted by atomic mass is 32.2. The Labute approximate surface area is 193 Å². The first-order chi connectivity index (χ1) is 16.2. The third-order valence-electron chi connectivity index (χ3n) is 5.37. The second-order valence-electron chi connectivity index (χ2n) is 7.64. The number of hydrogen-bond donors (Lipinski definition) is 1. The zero-order valence-corrected chi connectivity index (χ0v) is 18.9. The zero-order chi connectivity index (χ0) is 22.8. The normalized spacial score (nSPS) is 12.9. The standard InChI is InChI=1S/C23H23N5O4S/c1-2-3-10-27-21(30)16-6-4-5-7-17(16)28-22(27)25-26-23(28)33-14-20(29)24-15-8-9-18-19(13-15)32-12-11-31-18/h4-9,13H,2-3,10-12,14H2,1H3,(H,24,29). The van der Waals surface area contributed by atoms with Gasteiger partial charge in [0.25, 0.3) is 5.56 Å². The van der Waals surface area contributed by atoms with Crippen molar-refractivity contribution in [2.24, 2.45) is 0 Å². The SMILES string of the molecule is CCCCn1c(=O)c2ccccc2n2c(SCC(=O)Nc3ccc4c(c3)OCCO4)nnc12. The van der Waals surface area contributed by atoms with Gasteiger partial charge in [-0.15, -0.1) is 10.2 Å². The van der Waals surface area contributed by atoms with E-state index >= 15 is 0 Å². The predicted octanol–water partition coefficient (Wildman–Crippen LogP) is 3.35. The van der Waals surface area contributed by atoms with Crippen molar-refractivity contribution in [3.05, 3.63) is 52.8 Å². The molecule has 0 aliphatic carbocycles. The molecule has 4 aromatic rings. The summed E-state index contributed by atoms with van der Waals surface area (Å²) in [6, 6.07) is 12.7. The molecule has 9 nitrogen and oxygen atoms in total. The van der Waals surface area contributed by atoms with Gasteiger partial charge < -0.3 is 14.8 Å². The van der Waals surface area contributed by atoms with E-state index in [0.29, 0.717) is 53.3 Å². The Morgan fingerprint density at radius 3 is 2.79 bits per heavy atom. The van der Waals surface area contributed by atoms with E-state index in [4.69, 9.17) is 9.47 Å². The molecule has 3 heterocycles. The van der Waals surface area contributed by atoms with Crippen LogP contribution in [0.15, 0.2) is 52.4 Å². The number of aromatic nitrogens is 4. The van der Waals surface area contributed by atoms with Crippen molar-refractivity contribution < 1.29 is 14.3 Å². The molecule has 5 rings (SSSR count). The summed E-state index contributed by atoms with van der Waals surface area (Å²) in [5.74, 6) is 1.73. The number of anilines is 1. The molecule has 0 bridgehead atoms. The van der Waals surface area contributed by atoms with E-state index in [2.05, 4.69) is 22.4 Å². The molecule has 0 atom stereocenters. The molecule has 0 unspecified atom stereocenters. The number of rotatable bonds is 7. The Hall–Kier alpha value is -3.53. The number of nitrogens with one attached hydrogen (secondary N) is 1. The first-order valence-corrected chi connectivity index (χ1v) is 11.8. The minimum Gasteiger partial charge on any atom is -0.486 e. The molecular formula is C23H23N5O4S. The maximum atomic E-state index is 13.0. The van der Waals surface area contributed by atoms with Crippen molar-refractivity contribution in [1.29, 1.82) is 0 Å². The summed E-state index contributed by atoms with van der Waals surface area (Å²) in [4.78, 5) is 25.6. The van der Waals surface area contributed by atoms with E-state index in [1.54, 1.807) is 22.8 Å². The lowest BCUT2D eigenvalue weighted by Gasteiger charge is -2.18. The monoisotopic (exact) mass is 465 g/mol. The van der Waals surface area contributed by atoms with Crippen molar-refractivity contribution >= 4 is 40.0 Å². The number of carbonyl (C=O) groups excluding carboxylic acids is 1. The van der Waals surface area contributed by atoms with Gasteiger partial charge in [0.15, 0.2) is 16.7 Å². The second kappa shape index (κ2) is 9.14. The molecule has 10 heteroatoms. The molecule has 1 aliphatic rings. The van der Waals surface area contributed by atoms with E-state index in [0.717, 1.165) is 18.4 Å². The van der Waals surface area contributed by atoms with Crippen LogP contribution in [-0.2, 0) is 11.3 Å². The van der Waals surface area contributed by atoms with E-state index in [1.165, 1.54) is 11.8 Å². The molecule has 1 amide bonds. The van der Waals surface area contributed by atoms with E-state index in [9.17, 15) is 9.59 Å². The van der Waals surface area contributed by atoms with Gasteiger partial charge in [-0.3, -0.25) is 18.6 Å². The highest BCUT2D eigenvalue weighted by molar-refractivity contribution is 7.99. The Kier molecular flexibility index (Phi) is 5.91. The molecular weight excluding hydrogens is 442 g/mol. The van der Waals surface area contributed by atoms with Gasteiger partial charge >= 0.3 is 0 Å². The third kappa shape index (κ3) is 4.13. The van der Waals surface area contributed by atoms with Crippen molar-refractivity contribution in [3.8, 4) is 11.5 Å². The lowest BCUT2D eigenvalue weighted by molar-refractivity contribution is -0.113. The Morgan fingerprint density at radius 2 is 1.94 bits per heavy atom. The van der Waals surface area contributed by atoms with Crippen molar-refractivity contribution in [1.82, 2.24) is 19.2 Å². The first kappa shape index (κ1) is 21.3. The summed E-state index contributed by atoms with van der Waals surface area (Å²) in [7, 11) is 0. The molecule has 1 N–H and O–H groups in total. The van der Waals surface area contributed by atoms with Gasteiger partial charge in [0, 0.05) is 18.3 Å². The predicted molar refractivity (Wildman–Crippen MR) is 126 cm³/mol. The summed E-state index contributed by atoms with van der Waals surface area (Å²) < 4.78 is 14.6. The van der Waals surface area contributed by atoms with Crippen molar-refractivity contribution in [2.45, 2.75) is 31.5 Å². The fourth-order valence-electron chi connectivity index (χ4n) is 3.79. The van der Waals surface area contributed by atoms with Crippen LogP contribution in [0.2, 0.25) is 0 Å². The van der Waals surface area contributed by atoms with Gasteiger partial charge in [0.2, 0.25) is 11.7 Å². The topological polar surface area (TPSA) is 99.8 Å². The average molecular weight is 466 g/mol. The molecule has 0 saturated carbocycles. The minimum absolute atomic E-state index is 0.0770. The van der Waals surface area contributed by atoms with Crippen LogP contribution < -0.4 is 20.3 Å². The van der Waals surface area contributed by atoms with Crippen LogP contribution >= 0.6 is 11.8 Å². The maximum Gasteiger partial charge on any atom is 0.262 e. The second-order valence-corrected chi connectivity index (χ2v) is 8.58. The quantitative estimate of drug-likeness (QED) is 0.418. The zero-order valence-electron chi connectivity index (χ0n) is 18.1. The summed E-state index contributed by atoms with van der Waals surface area (Å²) in [6.45, 7) is 3.64. The number of aryl methyl sites for hydroxylation is 1. The maximum absolute atomic E-state index is 13.0. The molecule has 2 aromatic heterocycles. The Balaban J connectivity index is 1.40. The molecule has 0 fully saturated rings. The van der Waals surface area contributed by atoms with E-state index in [1.807, 2.05) is 28.7 Å². The van der Waals surface area contributed by atoms with Gasteiger partial charge in [0.05, 0.1) is 16.7 Å². The van der Waals surface area contributed by atoms with Gasteiger partial charge in [-0.05, 0) is 30.7 Å². The van der Waals surface area contributed by atoms with Gasteiger partial charge in [-0.25, -0.2) is 0 Å². The van der Waals surface area contributed by atoms with Crippen LogP contribution in [0.4, 0.5) is 5.69 Å². The number of unbranched alkanes of at least 4 members (excludes halogenated alkanes) is 1. The number of carbonyl (C=O) groups is 1. The smallest absolute Gasteiger partial charge is 0.262 e. The summed E-state index contributed by atoms with van der Waals surface area (Å²) in [6.07, 6.45) is 1.82. The number of thioether (sulfide) groups is 1. The number of hydrogen-bond acceptors (Lipinski definition) is 7. The lowest BCUT2D eigenvalue weighted by Crippen LogP contribution is -2.23. The van der Waals surface area contributed by atoms with Crippen LogP contribution in [-0.4, -0.2) is 44.0 Å². The first-order valence-electron chi connectivity index (χ1n) is 10.8. The molecule has 33 heavy (non-hydrogen) atoms. The van der Waals surface area contributed by atoms with Gasteiger partial charge in [-0.1, -0.05) is 37.2 Å². The minimum atomic E-state index is -0.183. The van der Waals surface area contributed by atoms with Crippen molar-refractivity contribution in [2.75, 3.05) is 24.3 Å². The number of fused-ring (bicyclic) bond motifs is 4. The molecule has 1 aliphatic heterocycles. The summed E-state index contributed by atoms with van der Waals surface area (Å²) >= 11 is 1.27.